The highest BCUT2D eigenvalue weighted by atomic mass is 35.5. The largest absolute Gasteiger partial charge is 0.497 e. The first kappa shape index (κ1) is 26.2. The topological polar surface area (TPSA) is 92.2 Å². The van der Waals surface area contributed by atoms with Crippen molar-refractivity contribution in [2.45, 2.75) is 45.7 Å². The Labute approximate surface area is 227 Å². The van der Waals surface area contributed by atoms with E-state index >= 15 is 0 Å². The minimum Gasteiger partial charge on any atom is -0.497 e. The summed E-state index contributed by atoms with van der Waals surface area (Å²) in [5, 5.41) is 14.5. The maximum Gasteiger partial charge on any atom is 0.253 e. The minimum absolute atomic E-state index is 0.148. The van der Waals surface area contributed by atoms with Crippen LogP contribution < -0.4 is 15.2 Å². The van der Waals surface area contributed by atoms with Crippen molar-refractivity contribution in [1.82, 2.24) is 30.1 Å². The van der Waals surface area contributed by atoms with Gasteiger partial charge in [0.25, 0.3) is 5.56 Å². The van der Waals surface area contributed by atoms with Gasteiger partial charge in [-0.05, 0) is 79.6 Å². The number of aryl methyl sites for hydroxylation is 1. The monoisotopic (exact) mass is 535 g/mol. The number of aromatic amines is 1. The molecular formula is C28H34ClN7O2. The van der Waals surface area contributed by atoms with E-state index in [4.69, 9.17) is 16.3 Å². The van der Waals surface area contributed by atoms with Gasteiger partial charge in [-0.1, -0.05) is 24.6 Å². The van der Waals surface area contributed by atoms with Crippen LogP contribution in [-0.2, 0) is 5.54 Å². The van der Waals surface area contributed by atoms with E-state index < -0.39 is 6.04 Å². The second-order valence-corrected chi connectivity index (χ2v) is 10.9. The number of nitrogens with zero attached hydrogens (tertiary/aromatic N) is 6. The standard InChI is InChI=1S/C28H34ClN7O2/c1-6-28(3,4)36-26(31-32-33-36)25(22-16-19-15-21(38-5)9-10-23(19)30-27(22)37)35-13-11-34(12-14-35)24-17-20(29)8-7-18(24)2/h7-10,15-17,25H,6,11-14H2,1-5H3,(H,30,37). The summed E-state index contributed by atoms with van der Waals surface area (Å²) in [6.07, 6.45) is 0.838. The van der Waals surface area contributed by atoms with E-state index in [-0.39, 0.29) is 11.1 Å². The smallest absolute Gasteiger partial charge is 0.253 e. The number of aromatic nitrogens is 5. The number of pyridine rings is 1. The molecule has 38 heavy (non-hydrogen) atoms. The lowest BCUT2D eigenvalue weighted by molar-refractivity contribution is 0.186. The van der Waals surface area contributed by atoms with Crippen LogP contribution in [0.15, 0.2) is 47.3 Å². The Morgan fingerprint density at radius 3 is 2.58 bits per heavy atom. The van der Waals surface area contributed by atoms with Crippen molar-refractivity contribution in [2.75, 3.05) is 38.2 Å². The van der Waals surface area contributed by atoms with Crippen LogP contribution in [0.4, 0.5) is 5.69 Å². The number of fused-ring (bicyclic) bond motifs is 1. The van der Waals surface area contributed by atoms with Crippen molar-refractivity contribution >= 4 is 28.2 Å². The lowest BCUT2D eigenvalue weighted by Crippen LogP contribution is -2.49. The lowest BCUT2D eigenvalue weighted by Gasteiger charge is -2.40. The van der Waals surface area contributed by atoms with Gasteiger partial charge < -0.3 is 14.6 Å². The van der Waals surface area contributed by atoms with Crippen LogP contribution in [0.1, 0.15) is 50.2 Å². The van der Waals surface area contributed by atoms with Crippen LogP contribution >= 0.6 is 11.6 Å². The van der Waals surface area contributed by atoms with Crippen molar-refractivity contribution in [1.29, 1.82) is 0 Å². The van der Waals surface area contributed by atoms with Crippen LogP contribution in [0.3, 0.4) is 0 Å². The molecule has 0 saturated carbocycles. The molecule has 0 spiro atoms. The van der Waals surface area contributed by atoms with E-state index in [0.29, 0.717) is 11.4 Å². The predicted molar refractivity (Wildman–Crippen MR) is 150 cm³/mol. The number of tetrazole rings is 1. The van der Waals surface area contributed by atoms with Crippen LogP contribution in [0.2, 0.25) is 5.02 Å². The first-order valence-electron chi connectivity index (χ1n) is 13.0. The summed E-state index contributed by atoms with van der Waals surface area (Å²) < 4.78 is 7.31. The average molecular weight is 536 g/mol. The van der Waals surface area contributed by atoms with Crippen LogP contribution in [-0.4, -0.2) is 63.4 Å². The fraction of sp³-hybridized carbons (Fsp3) is 0.429. The molecular weight excluding hydrogens is 502 g/mol. The molecule has 5 rings (SSSR count). The van der Waals surface area contributed by atoms with Gasteiger partial charge in [0, 0.05) is 53.4 Å². The number of methoxy groups -OCH3 is 1. The fourth-order valence-corrected chi connectivity index (χ4v) is 5.29. The normalized spacial score (nSPS) is 15.7. The van der Waals surface area contributed by atoms with E-state index in [1.807, 2.05) is 41.1 Å². The molecule has 2 aromatic carbocycles. The number of piperazine rings is 1. The Kier molecular flexibility index (Phi) is 7.15. The summed E-state index contributed by atoms with van der Waals surface area (Å²) in [7, 11) is 1.64. The molecule has 1 atom stereocenters. The number of anilines is 1. The van der Waals surface area contributed by atoms with Gasteiger partial charge in [0.15, 0.2) is 5.82 Å². The molecule has 0 amide bonds. The second-order valence-electron chi connectivity index (χ2n) is 10.5. The highest BCUT2D eigenvalue weighted by Gasteiger charge is 2.36. The summed E-state index contributed by atoms with van der Waals surface area (Å²) in [4.78, 5) is 21.3. The van der Waals surface area contributed by atoms with Gasteiger partial charge in [0.05, 0.1) is 12.6 Å². The average Bonchev–Trinajstić information content (AvgIpc) is 3.41. The number of nitrogens with one attached hydrogen (secondary N) is 1. The fourth-order valence-electron chi connectivity index (χ4n) is 5.12. The molecule has 0 bridgehead atoms. The molecule has 1 fully saturated rings. The molecule has 1 saturated heterocycles. The molecule has 1 unspecified atom stereocenters. The third-order valence-electron chi connectivity index (χ3n) is 7.74. The third-order valence-corrected chi connectivity index (χ3v) is 7.98. The van der Waals surface area contributed by atoms with E-state index in [1.165, 1.54) is 5.56 Å². The summed E-state index contributed by atoms with van der Waals surface area (Å²) in [6, 6.07) is 13.2. The van der Waals surface area contributed by atoms with Gasteiger partial charge >= 0.3 is 0 Å². The molecule has 3 heterocycles. The molecule has 0 aliphatic carbocycles. The van der Waals surface area contributed by atoms with Crippen LogP contribution in [0.5, 0.6) is 5.75 Å². The second kappa shape index (κ2) is 10.4. The number of hydrogen-bond acceptors (Lipinski definition) is 7. The summed E-state index contributed by atoms with van der Waals surface area (Å²) in [5.41, 5.74) is 3.23. The van der Waals surface area contributed by atoms with E-state index in [2.05, 4.69) is 64.1 Å². The Balaban J connectivity index is 1.57. The molecule has 0 radical (unpaired) electrons. The molecule has 1 aliphatic rings. The summed E-state index contributed by atoms with van der Waals surface area (Å²) in [6.45, 7) is 11.5. The van der Waals surface area contributed by atoms with Gasteiger partial charge in [0.1, 0.15) is 11.8 Å². The first-order valence-corrected chi connectivity index (χ1v) is 13.3. The Bertz CT molecular complexity index is 1500. The molecule has 4 aromatic rings. The molecule has 9 nitrogen and oxygen atoms in total. The molecule has 1 aliphatic heterocycles. The number of halogens is 1. The predicted octanol–water partition coefficient (Wildman–Crippen LogP) is 4.54. The summed E-state index contributed by atoms with van der Waals surface area (Å²) >= 11 is 6.31. The number of hydrogen-bond donors (Lipinski definition) is 1. The van der Waals surface area contributed by atoms with Gasteiger partial charge in [-0.3, -0.25) is 9.69 Å². The Morgan fingerprint density at radius 1 is 1.11 bits per heavy atom. The zero-order chi connectivity index (χ0) is 27.0. The van der Waals surface area contributed by atoms with Crippen molar-refractivity contribution in [2.24, 2.45) is 0 Å². The van der Waals surface area contributed by atoms with Gasteiger partial charge in [-0.2, -0.15) is 0 Å². The molecule has 1 N–H and O–H groups in total. The molecule has 10 heteroatoms. The van der Waals surface area contributed by atoms with E-state index in [0.717, 1.165) is 60.0 Å². The molecule has 2 aromatic heterocycles. The quantitative estimate of drug-likeness (QED) is 0.371. The van der Waals surface area contributed by atoms with Crippen LogP contribution in [0.25, 0.3) is 10.9 Å². The zero-order valence-corrected chi connectivity index (χ0v) is 23.3. The van der Waals surface area contributed by atoms with Gasteiger partial charge in [-0.15, -0.1) is 5.10 Å². The maximum atomic E-state index is 13.5. The summed E-state index contributed by atoms with van der Waals surface area (Å²) in [5.74, 6) is 1.39. The maximum absolute atomic E-state index is 13.5. The number of benzene rings is 2. The van der Waals surface area contributed by atoms with Crippen molar-refractivity contribution in [3.8, 4) is 5.75 Å². The first-order chi connectivity index (χ1) is 18.2. The van der Waals surface area contributed by atoms with Gasteiger partial charge in [-0.25, -0.2) is 4.68 Å². The number of rotatable bonds is 7. The third kappa shape index (κ3) is 4.88. The highest BCUT2D eigenvalue weighted by molar-refractivity contribution is 6.30. The van der Waals surface area contributed by atoms with E-state index in [1.54, 1.807) is 7.11 Å². The van der Waals surface area contributed by atoms with Gasteiger partial charge in [0.2, 0.25) is 0 Å². The molecule has 200 valence electrons. The Hall–Kier alpha value is -3.43. The Morgan fingerprint density at radius 2 is 1.87 bits per heavy atom. The van der Waals surface area contributed by atoms with E-state index in [9.17, 15) is 4.79 Å². The lowest BCUT2D eigenvalue weighted by atomic mass is 9.98. The zero-order valence-electron chi connectivity index (χ0n) is 22.5. The van der Waals surface area contributed by atoms with Crippen LogP contribution in [0, 0.1) is 6.92 Å². The number of ether oxygens (including phenoxy) is 1. The SMILES string of the molecule is CCC(C)(C)n1nnnc1C(c1cc2cc(OC)ccc2[nH]c1=O)N1CCN(c2cc(Cl)ccc2C)CC1. The van der Waals surface area contributed by atoms with Crippen molar-refractivity contribution < 1.29 is 4.74 Å². The number of H-pyrrole nitrogens is 1. The minimum atomic E-state index is -0.419. The highest BCUT2D eigenvalue weighted by Crippen LogP contribution is 2.33. The van der Waals surface area contributed by atoms with Crippen molar-refractivity contribution in [3.05, 3.63) is 74.8 Å². The van der Waals surface area contributed by atoms with Crippen molar-refractivity contribution in [3.63, 3.8) is 0 Å².